The second-order valence-corrected chi connectivity index (χ2v) is 5.04. The summed E-state index contributed by atoms with van der Waals surface area (Å²) in [7, 11) is 0. The molecule has 17 heavy (non-hydrogen) atoms. The van der Waals surface area contributed by atoms with Gasteiger partial charge in [-0.2, -0.15) is 0 Å². The summed E-state index contributed by atoms with van der Waals surface area (Å²) < 4.78 is 1.11. The second kappa shape index (κ2) is 4.92. The van der Waals surface area contributed by atoms with E-state index in [1.165, 1.54) is 11.1 Å². The molecule has 1 aliphatic heterocycles. The topological polar surface area (TPSA) is 41.6 Å². The molecular weight excluding hydrogens is 278 g/mol. The first-order valence-electron chi connectivity index (χ1n) is 5.57. The second-order valence-electron chi connectivity index (χ2n) is 4.18. The molecule has 1 aromatic rings. The van der Waals surface area contributed by atoms with Gasteiger partial charge in [0.15, 0.2) is 5.96 Å². The first-order valence-corrected chi connectivity index (χ1v) is 6.36. The zero-order valence-corrected chi connectivity index (χ0v) is 11.4. The van der Waals surface area contributed by atoms with Crippen LogP contribution in [0.4, 0.5) is 0 Å². The third-order valence-electron chi connectivity index (χ3n) is 2.94. The third kappa shape index (κ3) is 2.36. The third-order valence-corrected chi connectivity index (χ3v) is 3.62. The van der Waals surface area contributed by atoms with E-state index in [2.05, 4.69) is 57.5 Å². The maximum atomic E-state index is 5.89. The van der Waals surface area contributed by atoms with Crippen LogP contribution in [0.15, 0.2) is 40.3 Å². The fraction of sp³-hybridized carbons (Fsp3) is 0.308. The molecule has 0 saturated carbocycles. The summed E-state index contributed by atoms with van der Waals surface area (Å²) in [5.74, 6) is 0.599. The van der Waals surface area contributed by atoms with Crippen LogP contribution in [-0.4, -0.2) is 23.9 Å². The van der Waals surface area contributed by atoms with Crippen molar-refractivity contribution in [2.24, 2.45) is 10.7 Å². The molecule has 0 radical (unpaired) electrons. The standard InChI is InChI=1S/C13H16BrN3/c1-3-6-17-12(8-16-13(17)15)10-5-4-9(2)7-11(10)14/h3-5,7,12H,1,6,8H2,2H3,(H2,15,16). The highest BCUT2D eigenvalue weighted by atomic mass is 79.9. The smallest absolute Gasteiger partial charge is 0.192 e. The zero-order valence-electron chi connectivity index (χ0n) is 9.86. The Morgan fingerprint density at radius 1 is 1.65 bits per heavy atom. The highest BCUT2D eigenvalue weighted by Gasteiger charge is 2.27. The Balaban J connectivity index is 2.31. The van der Waals surface area contributed by atoms with Crippen molar-refractivity contribution in [3.8, 4) is 0 Å². The van der Waals surface area contributed by atoms with E-state index in [9.17, 15) is 0 Å². The molecule has 1 unspecified atom stereocenters. The van der Waals surface area contributed by atoms with Gasteiger partial charge in [0.2, 0.25) is 0 Å². The summed E-state index contributed by atoms with van der Waals surface area (Å²) >= 11 is 3.61. The highest BCUT2D eigenvalue weighted by molar-refractivity contribution is 9.10. The summed E-state index contributed by atoms with van der Waals surface area (Å²) in [6, 6.07) is 6.58. The number of benzene rings is 1. The molecule has 0 spiro atoms. The number of halogens is 1. The minimum absolute atomic E-state index is 0.211. The fourth-order valence-corrected chi connectivity index (χ4v) is 2.82. The van der Waals surface area contributed by atoms with Crippen LogP contribution >= 0.6 is 15.9 Å². The van der Waals surface area contributed by atoms with Crippen molar-refractivity contribution in [2.45, 2.75) is 13.0 Å². The summed E-state index contributed by atoms with van der Waals surface area (Å²) in [5, 5.41) is 0. The van der Waals surface area contributed by atoms with Crippen LogP contribution in [0.2, 0.25) is 0 Å². The van der Waals surface area contributed by atoms with Gasteiger partial charge in [0, 0.05) is 11.0 Å². The van der Waals surface area contributed by atoms with Gasteiger partial charge in [0.05, 0.1) is 12.6 Å². The van der Waals surface area contributed by atoms with E-state index in [-0.39, 0.29) is 6.04 Å². The van der Waals surface area contributed by atoms with E-state index in [0.29, 0.717) is 12.5 Å². The van der Waals surface area contributed by atoms with E-state index in [1.54, 1.807) is 0 Å². The van der Waals surface area contributed by atoms with Gasteiger partial charge in [-0.25, -0.2) is 0 Å². The first-order chi connectivity index (χ1) is 8.13. The predicted octanol–water partition coefficient (Wildman–Crippen LogP) is 2.61. The van der Waals surface area contributed by atoms with E-state index < -0.39 is 0 Å². The number of rotatable bonds is 3. The summed E-state index contributed by atoms with van der Waals surface area (Å²) in [6.45, 7) is 7.27. The maximum absolute atomic E-state index is 5.89. The number of aliphatic imine (C=N–C) groups is 1. The lowest BCUT2D eigenvalue weighted by Crippen LogP contribution is -2.36. The lowest BCUT2D eigenvalue weighted by Gasteiger charge is -2.26. The van der Waals surface area contributed by atoms with E-state index >= 15 is 0 Å². The molecule has 0 aromatic heterocycles. The van der Waals surface area contributed by atoms with Gasteiger partial charge in [0.1, 0.15) is 0 Å². The quantitative estimate of drug-likeness (QED) is 0.871. The number of hydrogen-bond acceptors (Lipinski definition) is 3. The molecule has 90 valence electrons. The molecule has 3 nitrogen and oxygen atoms in total. The summed E-state index contributed by atoms with van der Waals surface area (Å²) in [6.07, 6.45) is 1.85. The molecule has 1 heterocycles. The van der Waals surface area contributed by atoms with Crippen LogP contribution < -0.4 is 5.73 Å². The molecule has 4 heteroatoms. The Kier molecular flexibility index (Phi) is 3.52. The Labute approximate surface area is 110 Å². The molecule has 0 bridgehead atoms. The first kappa shape index (κ1) is 12.2. The number of nitrogens with zero attached hydrogens (tertiary/aromatic N) is 2. The normalized spacial score (nSPS) is 19.3. The molecule has 1 atom stereocenters. The minimum Gasteiger partial charge on any atom is -0.370 e. The molecule has 0 amide bonds. The van der Waals surface area contributed by atoms with Crippen LogP contribution in [0.25, 0.3) is 0 Å². The molecule has 0 saturated heterocycles. The average molecular weight is 294 g/mol. The monoisotopic (exact) mass is 293 g/mol. The lowest BCUT2D eigenvalue weighted by atomic mass is 10.0. The van der Waals surface area contributed by atoms with Crippen molar-refractivity contribution in [2.75, 3.05) is 13.1 Å². The molecule has 2 N–H and O–H groups in total. The van der Waals surface area contributed by atoms with E-state index in [0.717, 1.165) is 11.0 Å². The van der Waals surface area contributed by atoms with Crippen LogP contribution in [-0.2, 0) is 0 Å². The fourth-order valence-electron chi connectivity index (χ4n) is 2.06. The Morgan fingerprint density at radius 3 is 3.06 bits per heavy atom. The average Bonchev–Trinajstić information content (AvgIpc) is 2.62. The SMILES string of the molecule is C=CCN1C(N)=NCC1c1ccc(C)cc1Br. The van der Waals surface area contributed by atoms with Crippen LogP contribution in [0.3, 0.4) is 0 Å². The number of aryl methyl sites for hydroxylation is 1. The van der Waals surface area contributed by atoms with Crippen molar-refractivity contribution in [1.29, 1.82) is 0 Å². The van der Waals surface area contributed by atoms with Crippen molar-refractivity contribution < 1.29 is 0 Å². The number of nitrogens with two attached hydrogens (primary N) is 1. The van der Waals surface area contributed by atoms with Crippen molar-refractivity contribution >= 4 is 21.9 Å². The molecular formula is C13H16BrN3. The Bertz CT molecular complexity index is 468. The lowest BCUT2D eigenvalue weighted by molar-refractivity contribution is 0.379. The highest BCUT2D eigenvalue weighted by Crippen LogP contribution is 2.31. The van der Waals surface area contributed by atoms with Gasteiger partial charge in [-0.3, -0.25) is 4.99 Å². The van der Waals surface area contributed by atoms with Gasteiger partial charge in [0.25, 0.3) is 0 Å². The van der Waals surface area contributed by atoms with Gasteiger partial charge < -0.3 is 10.6 Å². The summed E-state index contributed by atoms with van der Waals surface area (Å²) in [5.41, 5.74) is 8.35. The van der Waals surface area contributed by atoms with Gasteiger partial charge >= 0.3 is 0 Å². The number of hydrogen-bond donors (Lipinski definition) is 1. The predicted molar refractivity (Wildman–Crippen MR) is 75.0 cm³/mol. The van der Waals surface area contributed by atoms with Crippen molar-refractivity contribution in [1.82, 2.24) is 4.90 Å². The van der Waals surface area contributed by atoms with Crippen molar-refractivity contribution in [3.05, 3.63) is 46.5 Å². The van der Waals surface area contributed by atoms with Crippen LogP contribution in [0, 0.1) is 6.92 Å². The number of guanidine groups is 1. The van der Waals surface area contributed by atoms with E-state index in [4.69, 9.17) is 5.73 Å². The zero-order chi connectivity index (χ0) is 12.4. The summed E-state index contributed by atoms with van der Waals surface area (Å²) in [4.78, 5) is 6.38. The van der Waals surface area contributed by atoms with Crippen LogP contribution in [0.1, 0.15) is 17.2 Å². The Morgan fingerprint density at radius 2 is 2.41 bits per heavy atom. The van der Waals surface area contributed by atoms with Gasteiger partial charge in [-0.1, -0.05) is 34.1 Å². The Hall–Kier alpha value is -1.29. The van der Waals surface area contributed by atoms with Crippen LogP contribution in [0.5, 0.6) is 0 Å². The largest absolute Gasteiger partial charge is 0.370 e. The molecule has 1 aliphatic rings. The maximum Gasteiger partial charge on any atom is 0.192 e. The van der Waals surface area contributed by atoms with Gasteiger partial charge in [-0.15, -0.1) is 6.58 Å². The molecule has 0 aliphatic carbocycles. The minimum atomic E-state index is 0.211. The molecule has 1 aromatic carbocycles. The van der Waals surface area contributed by atoms with Gasteiger partial charge in [-0.05, 0) is 24.1 Å². The molecule has 2 rings (SSSR count). The van der Waals surface area contributed by atoms with E-state index in [1.807, 2.05) is 6.08 Å². The van der Waals surface area contributed by atoms with Crippen molar-refractivity contribution in [3.63, 3.8) is 0 Å². The molecule has 0 fully saturated rings.